The third-order valence-electron chi connectivity index (χ3n) is 2.40. The van der Waals surface area contributed by atoms with Crippen molar-refractivity contribution in [2.24, 2.45) is 0 Å². The van der Waals surface area contributed by atoms with Crippen molar-refractivity contribution in [3.8, 4) is 0 Å². The Kier molecular flexibility index (Phi) is 3.03. The minimum Gasteiger partial charge on any atom is -0.363 e. The zero-order chi connectivity index (χ0) is 11.5. The molecule has 2 N–H and O–H groups in total. The molecule has 4 heteroatoms. The van der Waals surface area contributed by atoms with Crippen LogP contribution in [0.15, 0.2) is 36.8 Å². The zero-order valence-electron chi connectivity index (χ0n) is 9.04. The van der Waals surface area contributed by atoms with Gasteiger partial charge in [0.1, 0.15) is 5.69 Å². The van der Waals surface area contributed by atoms with Crippen LogP contribution in [0.25, 0.3) is 0 Å². The smallest absolute Gasteiger partial charge is 0.197 e. The highest BCUT2D eigenvalue weighted by atomic mass is 16.5. The quantitative estimate of drug-likeness (QED) is 0.762. The summed E-state index contributed by atoms with van der Waals surface area (Å²) < 4.78 is 1.82. The number of aryl methyl sites for hydroxylation is 1. The van der Waals surface area contributed by atoms with E-state index in [1.54, 1.807) is 12.5 Å². The van der Waals surface area contributed by atoms with E-state index in [0.29, 0.717) is 6.54 Å². The molecule has 2 aromatic rings. The van der Waals surface area contributed by atoms with Crippen LogP contribution in [-0.4, -0.2) is 19.8 Å². The van der Waals surface area contributed by atoms with Gasteiger partial charge in [-0.15, -0.1) is 0 Å². The normalized spacial score (nSPS) is 11.0. The maximum Gasteiger partial charge on any atom is 0.197 e. The molecule has 0 bridgehead atoms. The Morgan fingerprint density at radius 2 is 1.94 bits per heavy atom. The van der Waals surface area contributed by atoms with Crippen molar-refractivity contribution in [3.63, 3.8) is 0 Å². The van der Waals surface area contributed by atoms with Crippen LogP contribution in [0.2, 0.25) is 0 Å². The maximum atomic E-state index is 8.92. The lowest BCUT2D eigenvalue weighted by molar-refractivity contribution is -0.0456. The third-order valence-corrected chi connectivity index (χ3v) is 2.40. The molecule has 0 spiro atoms. The fourth-order valence-corrected chi connectivity index (χ4v) is 1.50. The molecule has 0 aliphatic carbocycles. The molecular weight excluding hydrogens is 204 g/mol. The number of aromatic nitrogens is 2. The molecule has 0 aliphatic rings. The summed E-state index contributed by atoms with van der Waals surface area (Å²) in [6.07, 6.45) is 1.72. The van der Waals surface area contributed by atoms with Crippen LogP contribution in [-0.2, 0) is 6.54 Å². The second-order valence-electron chi connectivity index (χ2n) is 3.83. The van der Waals surface area contributed by atoms with Crippen LogP contribution in [0.4, 0.5) is 0 Å². The summed E-state index contributed by atoms with van der Waals surface area (Å²) in [5.74, 6) is 0. The highest BCUT2D eigenvalue weighted by Gasteiger charge is 2.06. The van der Waals surface area contributed by atoms with Crippen LogP contribution >= 0.6 is 0 Å². The highest BCUT2D eigenvalue weighted by Crippen LogP contribution is 2.09. The summed E-state index contributed by atoms with van der Waals surface area (Å²) in [4.78, 5) is 3.89. The van der Waals surface area contributed by atoms with Crippen LogP contribution in [0.3, 0.4) is 0 Å². The van der Waals surface area contributed by atoms with E-state index in [0.717, 1.165) is 5.56 Å². The lowest BCUT2D eigenvalue weighted by atomic mass is 10.1. The van der Waals surface area contributed by atoms with Crippen molar-refractivity contribution in [1.82, 2.24) is 9.55 Å². The Morgan fingerprint density at radius 1 is 1.25 bits per heavy atom. The molecule has 1 aromatic carbocycles. The van der Waals surface area contributed by atoms with E-state index in [2.05, 4.69) is 4.98 Å². The molecule has 4 nitrogen and oxygen atoms in total. The predicted molar refractivity (Wildman–Crippen MR) is 59.7 cm³/mol. The van der Waals surface area contributed by atoms with Gasteiger partial charge in [-0.2, -0.15) is 0 Å². The molecular formula is C12H14N2O2. The van der Waals surface area contributed by atoms with E-state index in [1.165, 1.54) is 5.56 Å². The van der Waals surface area contributed by atoms with Gasteiger partial charge in [-0.25, -0.2) is 4.98 Å². The molecule has 0 saturated carbocycles. The highest BCUT2D eigenvalue weighted by molar-refractivity contribution is 5.21. The van der Waals surface area contributed by atoms with Gasteiger partial charge in [0.25, 0.3) is 0 Å². The van der Waals surface area contributed by atoms with Crippen LogP contribution in [0.5, 0.6) is 0 Å². The number of hydrogen-bond acceptors (Lipinski definition) is 3. The number of hydrogen-bond donors (Lipinski definition) is 2. The maximum absolute atomic E-state index is 8.92. The van der Waals surface area contributed by atoms with Crippen molar-refractivity contribution < 1.29 is 10.2 Å². The monoisotopic (exact) mass is 218 g/mol. The van der Waals surface area contributed by atoms with Gasteiger partial charge in [0.05, 0.1) is 6.33 Å². The van der Waals surface area contributed by atoms with Crippen molar-refractivity contribution in [2.45, 2.75) is 19.8 Å². The molecule has 0 unspecified atom stereocenters. The topological polar surface area (TPSA) is 58.3 Å². The SMILES string of the molecule is Cc1ccc(Cn2cnc(C(O)O)c2)cc1. The first-order chi connectivity index (χ1) is 7.65. The first-order valence-corrected chi connectivity index (χ1v) is 5.08. The summed E-state index contributed by atoms with van der Waals surface area (Å²) in [5, 5.41) is 17.8. The minimum absolute atomic E-state index is 0.270. The number of nitrogens with zero attached hydrogens (tertiary/aromatic N) is 2. The Labute approximate surface area is 93.8 Å². The Bertz CT molecular complexity index is 460. The van der Waals surface area contributed by atoms with Crippen LogP contribution < -0.4 is 0 Å². The van der Waals surface area contributed by atoms with Crippen molar-refractivity contribution in [3.05, 3.63) is 53.6 Å². The molecule has 1 heterocycles. The second-order valence-corrected chi connectivity index (χ2v) is 3.83. The summed E-state index contributed by atoms with van der Waals surface area (Å²) >= 11 is 0. The fourth-order valence-electron chi connectivity index (χ4n) is 1.50. The van der Waals surface area contributed by atoms with Gasteiger partial charge in [0.2, 0.25) is 0 Å². The number of imidazole rings is 1. The summed E-state index contributed by atoms with van der Waals surface area (Å²) in [7, 11) is 0. The van der Waals surface area contributed by atoms with E-state index < -0.39 is 6.29 Å². The van der Waals surface area contributed by atoms with Gasteiger partial charge in [0, 0.05) is 12.7 Å². The number of aliphatic hydroxyl groups excluding tert-OH is 1. The third kappa shape index (κ3) is 2.48. The van der Waals surface area contributed by atoms with E-state index in [1.807, 2.05) is 35.8 Å². The molecule has 0 atom stereocenters. The molecule has 0 fully saturated rings. The first-order valence-electron chi connectivity index (χ1n) is 5.08. The molecule has 84 valence electrons. The van der Waals surface area contributed by atoms with E-state index in [-0.39, 0.29) is 5.69 Å². The van der Waals surface area contributed by atoms with Gasteiger partial charge in [-0.05, 0) is 12.5 Å². The van der Waals surface area contributed by atoms with Crippen molar-refractivity contribution in [1.29, 1.82) is 0 Å². The molecule has 1 aromatic heterocycles. The Morgan fingerprint density at radius 3 is 2.50 bits per heavy atom. The minimum atomic E-state index is -1.50. The van der Waals surface area contributed by atoms with Gasteiger partial charge in [0.15, 0.2) is 6.29 Å². The van der Waals surface area contributed by atoms with Crippen LogP contribution in [0, 0.1) is 6.92 Å². The molecule has 0 amide bonds. The van der Waals surface area contributed by atoms with Crippen molar-refractivity contribution >= 4 is 0 Å². The van der Waals surface area contributed by atoms with Gasteiger partial charge in [-0.1, -0.05) is 29.8 Å². The first kappa shape index (κ1) is 10.9. The average molecular weight is 218 g/mol. The Hall–Kier alpha value is -1.65. The molecule has 0 radical (unpaired) electrons. The molecule has 0 saturated heterocycles. The second kappa shape index (κ2) is 4.47. The summed E-state index contributed by atoms with van der Waals surface area (Å²) in [5.41, 5.74) is 2.65. The number of rotatable bonds is 3. The molecule has 0 aliphatic heterocycles. The number of benzene rings is 1. The Balaban J connectivity index is 2.11. The largest absolute Gasteiger partial charge is 0.363 e. The van der Waals surface area contributed by atoms with Gasteiger partial charge < -0.3 is 14.8 Å². The van der Waals surface area contributed by atoms with E-state index >= 15 is 0 Å². The standard InChI is InChI=1S/C12H14N2O2/c1-9-2-4-10(5-3-9)6-14-7-11(12(15)16)13-8-14/h2-5,7-8,12,15-16H,6H2,1H3. The molecule has 2 rings (SSSR count). The van der Waals surface area contributed by atoms with E-state index in [9.17, 15) is 0 Å². The predicted octanol–water partition coefficient (Wildman–Crippen LogP) is 1.22. The average Bonchev–Trinajstić information content (AvgIpc) is 2.70. The molecule has 16 heavy (non-hydrogen) atoms. The van der Waals surface area contributed by atoms with E-state index in [4.69, 9.17) is 10.2 Å². The van der Waals surface area contributed by atoms with Gasteiger partial charge >= 0.3 is 0 Å². The summed E-state index contributed by atoms with van der Waals surface area (Å²) in [6, 6.07) is 8.19. The number of aliphatic hydroxyl groups is 2. The fraction of sp³-hybridized carbons (Fsp3) is 0.250. The summed E-state index contributed by atoms with van der Waals surface area (Å²) in [6.45, 7) is 2.72. The lowest BCUT2D eigenvalue weighted by Gasteiger charge is -2.02. The lowest BCUT2D eigenvalue weighted by Crippen LogP contribution is -1.97. The van der Waals surface area contributed by atoms with Gasteiger partial charge in [-0.3, -0.25) is 0 Å². The van der Waals surface area contributed by atoms with Crippen molar-refractivity contribution in [2.75, 3.05) is 0 Å². The van der Waals surface area contributed by atoms with Crippen LogP contribution in [0.1, 0.15) is 23.1 Å². The zero-order valence-corrected chi connectivity index (χ0v) is 9.04.